The van der Waals surface area contributed by atoms with Crippen molar-refractivity contribution in [1.82, 2.24) is 14.8 Å². The van der Waals surface area contributed by atoms with E-state index in [9.17, 15) is 9.18 Å². The Balaban J connectivity index is 1.56. The molecule has 0 unspecified atom stereocenters. The summed E-state index contributed by atoms with van der Waals surface area (Å²) in [5.74, 6) is 1.96. The molecule has 0 saturated heterocycles. The van der Waals surface area contributed by atoms with Crippen molar-refractivity contribution in [3.05, 3.63) is 83.4 Å². The predicted molar refractivity (Wildman–Crippen MR) is 122 cm³/mol. The van der Waals surface area contributed by atoms with Crippen LogP contribution in [0.5, 0.6) is 0 Å². The van der Waals surface area contributed by atoms with Gasteiger partial charge in [0, 0.05) is 12.3 Å². The van der Waals surface area contributed by atoms with Crippen LogP contribution in [0.3, 0.4) is 0 Å². The lowest BCUT2D eigenvalue weighted by molar-refractivity contribution is -0.113. The standard InChI is InChI=1S/C21H20ClFN4OS2/c1-2-11-27-19(13-29-12-15-7-9-16(23)10-8-15)25-26-21(27)30-14-20(28)24-18-6-4-3-5-17(18)22/h2-10H,1,11-14H2,(H,24,28). The number of halogens is 2. The SMILES string of the molecule is C=CCn1c(CSCc2ccc(F)cc2)nnc1SCC(=O)Nc1ccccc1Cl. The highest BCUT2D eigenvalue weighted by Crippen LogP contribution is 2.24. The fourth-order valence-corrected chi connectivity index (χ4v) is 4.44. The first kappa shape index (κ1) is 22.4. The number of amides is 1. The maximum absolute atomic E-state index is 13.0. The van der Waals surface area contributed by atoms with Crippen LogP contribution < -0.4 is 5.32 Å². The molecule has 156 valence electrons. The van der Waals surface area contributed by atoms with Crippen LogP contribution in [0.4, 0.5) is 10.1 Å². The van der Waals surface area contributed by atoms with E-state index in [0.717, 1.165) is 17.1 Å². The van der Waals surface area contributed by atoms with Gasteiger partial charge in [0.25, 0.3) is 0 Å². The number of benzene rings is 2. The molecule has 30 heavy (non-hydrogen) atoms. The quantitative estimate of drug-likeness (QED) is 0.322. The van der Waals surface area contributed by atoms with Crippen LogP contribution in [0.25, 0.3) is 0 Å². The summed E-state index contributed by atoms with van der Waals surface area (Å²) in [5, 5.41) is 12.4. The third-order valence-corrected chi connectivity index (χ3v) is 6.29. The molecular formula is C21H20ClFN4OS2. The summed E-state index contributed by atoms with van der Waals surface area (Å²) >= 11 is 9.05. The van der Waals surface area contributed by atoms with Gasteiger partial charge in [0.05, 0.1) is 22.2 Å². The van der Waals surface area contributed by atoms with Crippen molar-refractivity contribution >= 4 is 46.7 Å². The van der Waals surface area contributed by atoms with Gasteiger partial charge in [-0.05, 0) is 29.8 Å². The molecule has 0 atom stereocenters. The molecule has 0 fully saturated rings. The molecule has 2 aromatic carbocycles. The Hall–Kier alpha value is -2.29. The van der Waals surface area contributed by atoms with Crippen molar-refractivity contribution in [1.29, 1.82) is 0 Å². The molecule has 0 bridgehead atoms. The van der Waals surface area contributed by atoms with E-state index in [1.165, 1.54) is 23.9 Å². The Morgan fingerprint density at radius 3 is 2.67 bits per heavy atom. The van der Waals surface area contributed by atoms with E-state index in [1.807, 2.05) is 10.6 Å². The van der Waals surface area contributed by atoms with Gasteiger partial charge in [-0.3, -0.25) is 4.79 Å². The average Bonchev–Trinajstić information content (AvgIpc) is 3.12. The zero-order valence-electron chi connectivity index (χ0n) is 16.1. The molecule has 0 aliphatic rings. The van der Waals surface area contributed by atoms with Crippen LogP contribution in [0.1, 0.15) is 11.4 Å². The van der Waals surface area contributed by atoms with Crippen LogP contribution in [0.15, 0.2) is 66.3 Å². The highest BCUT2D eigenvalue weighted by atomic mass is 35.5. The molecule has 5 nitrogen and oxygen atoms in total. The van der Waals surface area contributed by atoms with Gasteiger partial charge < -0.3 is 9.88 Å². The third kappa shape index (κ3) is 6.35. The van der Waals surface area contributed by atoms with Crippen LogP contribution in [-0.2, 0) is 22.8 Å². The maximum atomic E-state index is 13.0. The Morgan fingerprint density at radius 2 is 1.93 bits per heavy atom. The zero-order valence-corrected chi connectivity index (χ0v) is 18.4. The van der Waals surface area contributed by atoms with E-state index in [1.54, 1.807) is 48.2 Å². The predicted octanol–water partition coefficient (Wildman–Crippen LogP) is 5.42. The molecule has 0 aliphatic carbocycles. The summed E-state index contributed by atoms with van der Waals surface area (Å²) in [6.07, 6.45) is 1.77. The van der Waals surface area contributed by atoms with Crippen LogP contribution in [-0.4, -0.2) is 26.4 Å². The smallest absolute Gasteiger partial charge is 0.234 e. The first-order valence-electron chi connectivity index (χ1n) is 9.09. The van der Waals surface area contributed by atoms with Gasteiger partial charge in [-0.15, -0.1) is 28.5 Å². The topological polar surface area (TPSA) is 59.8 Å². The molecule has 0 spiro atoms. The first-order valence-corrected chi connectivity index (χ1v) is 11.6. The van der Waals surface area contributed by atoms with Crippen LogP contribution >= 0.6 is 35.1 Å². The number of allylic oxidation sites excluding steroid dienone is 1. The molecule has 1 heterocycles. The number of carbonyl (C=O) groups excluding carboxylic acids is 1. The van der Waals surface area contributed by atoms with E-state index >= 15 is 0 Å². The van der Waals surface area contributed by atoms with Crippen LogP contribution in [0.2, 0.25) is 5.02 Å². The molecular weight excluding hydrogens is 443 g/mol. The number of carbonyl (C=O) groups is 1. The molecule has 3 aromatic rings. The second-order valence-electron chi connectivity index (χ2n) is 6.23. The maximum Gasteiger partial charge on any atom is 0.234 e. The minimum atomic E-state index is -0.241. The largest absolute Gasteiger partial charge is 0.324 e. The summed E-state index contributed by atoms with van der Waals surface area (Å²) < 4.78 is 15.0. The van der Waals surface area contributed by atoms with Gasteiger partial charge in [-0.1, -0.05) is 53.7 Å². The molecule has 0 saturated carbocycles. The number of hydrogen-bond donors (Lipinski definition) is 1. The van der Waals surface area contributed by atoms with Gasteiger partial charge in [0.15, 0.2) is 5.16 Å². The minimum absolute atomic E-state index is 0.173. The van der Waals surface area contributed by atoms with Crippen molar-refractivity contribution in [3.63, 3.8) is 0 Å². The Kier molecular flexibility index (Phi) is 8.36. The van der Waals surface area contributed by atoms with Gasteiger partial charge in [-0.2, -0.15) is 0 Å². The third-order valence-electron chi connectivity index (χ3n) is 4.00. The number of nitrogens with zero attached hydrogens (tertiary/aromatic N) is 3. The highest BCUT2D eigenvalue weighted by molar-refractivity contribution is 7.99. The molecule has 1 aromatic heterocycles. The Morgan fingerprint density at radius 1 is 1.17 bits per heavy atom. The van der Waals surface area contributed by atoms with E-state index in [0.29, 0.717) is 28.2 Å². The molecule has 1 N–H and O–H groups in total. The fraction of sp³-hybridized carbons (Fsp3) is 0.190. The number of rotatable bonds is 10. The number of para-hydroxylation sites is 1. The lowest BCUT2D eigenvalue weighted by Gasteiger charge is -2.09. The second kappa shape index (κ2) is 11.2. The number of thioether (sulfide) groups is 2. The molecule has 1 amide bonds. The summed E-state index contributed by atoms with van der Waals surface area (Å²) in [5.41, 5.74) is 1.62. The van der Waals surface area contributed by atoms with Crippen molar-refractivity contribution in [2.75, 3.05) is 11.1 Å². The molecule has 0 radical (unpaired) electrons. The average molecular weight is 463 g/mol. The van der Waals surface area contributed by atoms with Crippen molar-refractivity contribution in [2.24, 2.45) is 0 Å². The van der Waals surface area contributed by atoms with Gasteiger partial charge in [-0.25, -0.2) is 4.39 Å². The number of hydrogen-bond acceptors (Lipinski definition) is 5. The monoisotopic (exact) mass is 462 g/mol. The number of aromatic nitrogens is 3. The zero-order chi connectivity index (χ0) is 21.3. The van der Waals surface area contributed by atoms with Crippen molar-refractivity contribution < 1.29 is 9.18 Å². The number of nitrogens with one attached hydrogen (secondary N) is 1. The van der Waals surface area contributed by atoms with Gasteiger partial charge in [0.1, 0.15) is 11.6 Å². The van der Waals surface area contributed by atoms with Crippen molar-refractivity contribution in [2.45, 2.75) is 23.2 Å². The van der Waals surface area contributed by atoms with Gasteiger partial charge >= 0.3 is 0 Å². The molecule has 3 rings (SSSR count). The molecule has 0 aliphatic heterocycles. The first-order chi connectivity index (χ1) is 14.6. The summed E-state index contributed by atoms with van der Waals surface area (Å²) in [7, 11) is 0. The normalized spacial score (nSPS) is 10.7. The fourth-order valence-electron chi connectivity index (χ4n) is 2.56. The molecule has 9 heteroatoms. The van der Waals surface area contributed by atoms with Gasteiger partial charge in [0.2, 0.25) is 5.91 Å². The lowest BCUT2D eigenvalue weighted by atomic mass is 10.2. The summed E-state index contributed by atoms with van der Waals surface area (Å²) in [6.45, 7) is 4.34. The van der Waals surface area contributed by atoms with E-state index in [-0.39, 0.29) is 17.5 Å². The lowest BCUT2D eigenvalue weighted by Crippen LogP contribution is -2.15. The van der Waals surface area contributed by atoms with E-state index in [2.05, 4.69) is 22.1 Å². The highest BCUT2D eigenvalue weighted by Gasteiger charge is 2.14. The van der Waals surface area contributed by atoms with Crippen molar-refractivity contribution in [3.8, 4) is 0 Å². The van der Waals surface area contributed by atoms with E-state index in [4.69, 9.17) is 11.6 Å². The van der Waals surface area contributed by atoms with E-state index < -0.39 is 0 Å². The summed E-state index contributed by atoms with van der Waals surface area (Å²) in [4.78, 5) is 12.3. The minimum Gasteiger partial charge on any atom is -0.324 e. The summed E-state index contributed by atoms with van der Waals surface area (Å²) in [6, 6.07) is 13.6. The number of anilines is 1. The Labute approximate surface area is 188 Å². The Bertz CT molecular complexity index is 1010. The second-order valence-corrected chi connectivity index (χ2v) is 8.57. The van der Waals surface area contributed by atoms with Crippen LogP contribution in [0, 0.1) is 5.82 Å².